The van der Waals surface area contributed by atoms with Gasteiger partial charge in [-0.2, -0.15) is 0 Å². The molecule has 0 aromatic heterocycles. The van der Waals surface area contributed by atoms with Gasteiger partial charge in [-0.3, -0.25) is 10.2 Å². The standard InChI is InChI=1S/C30H36N2O5/c1-4-35-29(31)23-13-15-25(16-14-23)36-19-9-6-10-20-37-26-17-18-27(28(33)21-26)30(34)32(22(2)3)24-11-7-5-8-12-24/h5,7-8,11-18,21-22,31,33H,4,6,9-10,19-20H2,1-3H3. The number of rotatable bonds is 13. The Hall–Kier alpha value is -4.00. The Morgan fingerprint density at radius 3 is 2.11 bits per heavy atom. The first-order chi connectivity index (χ1) is 17.9. The molecule has 0 aliphatic heterocycles. The number of amides is 1. The zero-order chi connectivity index (χ0) is 26.6. The van der Waals surface area contributed by atoms with Crippen LogP contribution in [-0.4, -0.2) is 42.8 Å². The van der Waals surface area contributed by atoms with Gasteiger partial charge in [0.1, 0.15) is 17.2 Å². The van der Waals surface area contributed by atoms with Crippen molar-refractivity contribution in [3.8, 4) is 17.2 Å². The van der Waals surface area contributed by atoms with E-state index in [9.17, 15) is 9.90 Å². The number of carbonyl (C=O) groups excluding carboxylic acids is 1. The van der Waals surface area contributed by atoms with Gasteiger partial charge in [0.25, 0.3) is 5.91 Å². The molecule has 0 atom stereocenters. The Balaban J connectivity index is 1.41. The molecule has 196 valence electrons. The molecule has 0 spiro atoms. The number of hydrogen-bond donors (Lipinski definition) is 2. The summed E-state index contributed by atoms with van der Waals surface area (Å²) < 4.78 is 16.7. The predicted molar refractivity (Wildman–Crippen MR) is 146 cm³/mol. The number of anilines is 1. The molecule has 0 aliphatic rings. The lowest BCUT2D eigenvalue weighted by Gasteiger charge is -2.27. The summed E-state index contributed by atoms with van der Waals surface area (Å²) >= 11 is 0. The number of hydrogen-bond acceptors (Lipinski definition) is 6. The van der Waals surface area contributed by atoms with Gasteiger partial charge in [-0.1, -0.05) is 18.2 Å². The summed E-state index contributed by atoms with van der Waals surface area (Å²) in [7, 11) is 0. The third kappa shape index (κ3) is 8.00. The van der Waals surface area contributed by atoms with E-state index in [0.717, 1.165) is 36.3 Å². The third-order valence-electron chi connectivity index (χ3n) is 5.70. The number of unbranched alkanes of at least 4 members (excludes halogenated alkanes) is 2. The summed E-state index contributed by atoms with van der Waals surface area (Å²) in [5.74, 6) is 1.09. The van der Waals surface area contributed by atoms with Crippen LogP contribution in [0.15, 0.2) is 72.8 Å². The molecule has 2 N–H and O–H groups in total. The van der Waals surface area contributed by atoms with Crippen molar-refractivity contribution in [1.82, 2.24) is 0 Å². The van der Waals surface area contributed by atoms with E-state index in [1.807, 2.05) is 75.4 Å². The zero-order valence-corrected chi connectivity index (χ0v) is 21.8. The molecule has 0 unspecified atom stereocenters. The molecule has 37 heavy (non-hydrogen) atoms. The number of nitrogens with zero attached hydrogens (tertiary/aromatic N) is 1. The van der Waals surface area contributed by atoms with Crippen LogP contribution in [0.25, 0.3) is 0 Å². The zero-order valence-electron chi connectivity index (χ0n) is 21.8. The van der Waals surface area contributed by atoms with E-state index >= 15 is 0 Å². The maximum Gasteiger partial charge on any atom is 0.262 e. The summed E-state index contributed by atoms with van der Waals surface area (Å²) in [6.07, 6.45) is 2.64. The molecule has 0 saturated carbocycles. The number of benzene rings is 3. The van der Waals surface area contributed by atoms with Crippen LogP contribution in [0.5, 0.6) is 17.2 Å². The van der Waals surface area contributed by atoms with Crippen LogP contribution in [-0.2, 0) is 4.74 Å². The average Bonchev–Trinajstić information content (AvgIpc) is 2.89. The topological polar surface area (TPSA) is 92.1 Å². The molecule has 3 aromatic rings. The van der Waals surface area contributed by atoms with Crippen LogP contribution in [0, 0.1) is 5.41 Å². The second kappa shape index (κ2) is 13.9. The third-order valence-corrected chi connectivity index (χ3v) is 5.70. The highest BCUT2D eigenvalue weighted by molar-refractivity contribution is 6.08. The van der Waals surface area contributed by atoms with Gasteiger partial charge in [0.2, 0.25) is 5.90 Å². The Morgan fingerprint density at radius 1 is 0.892 bits per heavy atom. The lowest BCUT2D eigenvalue weighted by atomic mass is 10.1. The highest BCUT2D eigenvalue weighted by Gasteiger charge is 2.23. The molecule has 7 heteroatoms. The predicted octanol–water partition coefficient (Wildman–Crippen LogP) is 6.44. The average molecular weight is 505 g/mol. The van der Waals surface area contributed by atoms with Crippen molar-refractivity contribution >= 4 is 17.5 Å². The van der Waals surface area contributed by atoms with Crippen molar-refractivity contribution < 1.29 is 24.1 Å². The summed E-state index contributed by atoms with van der Waals surface area (Å²) in [5, 5.41) is 18.3. The quantitative estimate of drug-likeness (QED) is 0.159. The molecule has 0 radical (unpaired) electrons. The minimum Gasteiger partial charge on any atom is -0.507 e. The summed E-state index contributed by atoms with van der Waals surface area (Å²) in [6, 6.07) is 21.5. The summed E-state index contributed by atoms with van der Waals surface area (Å²) in [6.45, 7) is 7.30. The maximum absolute atomic E-state index is 13.2. The molecule has 0 heterocycles. The van der Waals surface area contributed by atoms with E-state index in [2.05, 4.69) is 0 Å². The number of para-hydroxylation sites is 1. The van der Waals surface area contributed by atoms with Crippen LogP contribution in [0.2, 0.25) is 0 Å². The van der Waals surface area contributed by atoms with Gasteiger partial charge in [-0.15, -0.1) is 0 Å². The van der Waals surface area contributed by atoms with E-state index in [0.29, 0.717) is 25.6 Å². The van der Waals surface area contributed by atoms with Gasteiger partial charge < -0.3 is 24.2 Å². The number of ether oxygens (including phenoxy) is 3. The summed E-state index contributed by atoms with van der Waals surface area (Å²) in [4.78, 5) is 14.8. The fraction of sp³-hybridized carbons (Fsp3) is 0.333. The fourth-order valence-electron chi connectivity index (χ4n) is 3.84. The van der Waals surface area contributed by atoms with E-state index in [1.54, 1.807) is 17.0 Å². The largest absolute Gasteiger partial charge is 0.507 e. The van der Waals surface area contributed by atoms with Crippen LogP contribution >= 0.6 is 0 Å². The Labute approximate surface area is 219 Å². The Morgan fingerprint density at radius 2 is 1.51 bits per heavy atom. The van der Waals surface area contributed by atoms with Gasteiger partial charge in [0, 0.05) is 23.4 Å². The maximum atomic E-state index is 13.2. The van der Waals surface area contributed by atoms with Crippen molar-refractivity contribution in [2.75, 3.05) is 24.7 Å². The lowest BCUT2D eigenvalue weighted by Crippen LogP contribution is -2.37. The van der Waals surface area contributed by atoms with Crippen molar-refractivity contribution in [2.45, 2.75) is 46.1 Å². The normalized spacial score (nSPS) is 10.7. The fourth-order valence-corrected chi connectivity index (χ4v) is 3.84. The minimum absolute atomic E-state index is 0.0661. The lowest BCUT2D eigenvalue weighted by molar-refractivity contribution is 0.0977. The van der Waals surface area contributed by atoms with E-state index in [4.69, 9.17) is 19.6 Å². The van der Waals surface area contributed by atoms with Crippen LogP contribution in [0.3, 0.4) is 0 Å². The second-order valence-corrected chi connectivity index (χ2v) is 8.83. The SMILES string of the molecule is CCOC(=N)c1ccc(OCCCCCOc2ccc(C(=O)N(c3ccccc3)C(C)C)c(O)c2)cc1. The van der Waals surface area contributed by atoms with Crippen molar-refractivity contribution in [3.63, 3.8) is 0 Å². The number of phenols is 1. The smallest absolute Gasteiger partial charge is 0.262 e. The number of phenolic OH excluding ortho intramolecular Hbond substituents is 1. The number of carbonyl (C=O) groups is 1. The highest BCUT2D eigenvalue weighted by atomic mass is 16.5. The second-order valence-electron chi connectivity index (χ2n) is 8.83. The molecule has 3 rings (SSSR count). The van der Waals surface area contributed by atoms with Gasteiger partial charge in [0.05, 0.1) is 25.4 Å². The van der Waals surface area contributed by atoms with E-state index in [-0.39, 0.29) is 29.2 Å². The van der Waals surface area contributed by atoms with Crippen molar-refractivity contribution in [3.05, 3.63) is 83.9 Å². The Kier molecular flexibility index (Phi) is 10.4. The molecule has 0 aliphatic carbocycles. The number of aromatic hydroxyl groups is 1. The molecule has 7 nitrogen and oxygen atoms in total. The van der Waals surface area contributed by atoms with Crippen LogP contribution < -0.4 is 14.4 Å². The molecule has 0 bridgehead atoms. The van der Waals surface area contributed by atoms with Crippen molar-refractivity contribution in [1.29, 1.82) is 5.41 Å². The van der Waals surface area contributed by atoms with Crippen LogP contribution in [0.4, 0.5) is 5.69 Å². The monoisotopic (exact) mass is 504 g/mol. The Bertz CT molecular complexity index is 1150. The first-order valence-corrected chi connectivity index (χ1v) is 12.7. The van der Waals surface area contributed by atoms with Gasteiger partial charge in [0.15, 0.2) is 0 Å². The van der Waals surface area contributed by atoms with Gasteiger partial charge in [-0.05, 0) is 88.6 Å². The number of nitrogens with one attached hydrogen (secondary N) is 1. The first-order valence-electron chi connectivity index (χ1n) is 12.7. The van der Waals surface area contributed by atoms with Crippen LogP contribution in [0.1, 0.15) is 56.0 Å². The molecular weight excluding hydrogens is 468 g/mol. The highest BCUT2D eigenvalue weighted by Crippen LogP contribution is 2.28. The minimum atomic E-state index is -0.257. The molecule has 0 saturated heterocycles. The van der Waals surface area contributed by atoms with Crippen molar-refractivity contribution in [2.24, 2.45) is 0 Å². The summed E-state index contributed by atoms with van der Waals surface area (Å²) in [5.41, 5.74) is 1.75. The molecule has 3 aromatic carbocycles. The van der Waals surface area contributed by atoms with Gasteiger partial charge in [-0.25, -0.2) is 0 Å². The molecule has 1 amide bonds. The molecule has 0 fully saturated rings. The first kappa shape index (κ1) is 27.6. The van der Waals surface area contributed by atoms with Gasteiger partial charge >= 0.3 is 0 Å². The molecular formula is C30H36N2O5. The van der Waals surface area contributed by atoms with E-state index < -0.39 is 0 Å². The van der Waals surface area contributed by atoms with E-state index in [1.165, 1.54) is 6.07 Å².